The Labute approximate surface area is 184 Å². The van der Waals surface area contributed by atoms with Crippen molar-refractivity contribution >= 4 is 6.03 Å². The van der Waals surface area contributed by atoms with Gasteiger partial charge in [0.05, 0.1) is 25.8 Å². The molecule has 1 N–H and O–H groups in total. The van der Waals surface area contributed by atoms with Gasteiger partial charge >= 0.3 is 6.03 Å². The number of rotatable bonds is 9. The Balaban J connectivity index is 1.90. The molecule has 1 fully saturated rings. The standard InChI is InChI=1S/C25H31N3O3/c1-4-15-27-23(17-20-9-7-6-8-10-20)24(29)19-26(28(16-5-2)25(27)30)18-21-11-13-22(31-3)14-12-21/h4-14,23-24,29H,1-2,15-19H2,3H3/t23-,24-/m0/s1. The predicted molar refractivity (Wildman–Crippen MR) is 123 cm³/mol. The third kappa shape index (κ3) is 5.54. The van der Waals surface area contributed by atoms with Crippen molar-refractivity contribution < 1.29 is 14.6 Å². The fourth-order valence-corrected chi connectivity index (χ4v) is 3.92. The summed E-state index contributed by atoms with van der Waals surface area (Å²) in [5.74, 6) is 0.777. The number of carbonyl (C=O) groups is 1. The Morgan fingerprint density at radius 1 is 1.03 bits per heavy atom. The maximum absolute atomic E-state index is 13.6. The highest BCUT2D eigenvalue weighted by molar-refractivity contribution is 5.75. The van der Waals surface area contributed by atoms with Crippen molar-refractivity contribution in [2.75, 3.05) is 26.7 Å². The van der Waals surface area contributed by atoms with Crippen molar-refractivity contribution in [3.8, 4) is 5.75 Å². The number of aliphatic hydroxyl groups excluding tert-OH is 1. The van der Waals surface area contributed by atoms with Crippen LogP contribution in [0, 0.1) is 0 Å². The Kier molecular flexibility index (Phi) is 7.87. The number of hydrazine groups is 1. The monoisotopic (exact) mass is 421 g/mol. The molecule has 0 spiro atoms. The molecule has 1 aliphatic heterocycles. The molecule has 31 heavy (non-hydrogen) atoms. The highest BCUT2D eigenvalue weighted by Gasteiger charge is 2.39. The first-order chi connectivity index (χ1) is 15.1. The molecule has 0 aromatic heterocycles. The average molecular weight is 422 g/mol. The first kappa shape index (κ1) is 22.6. The van der Waals surface area contributed by atoms with Gasteiger partial charge in [0, 0.05) is 19.6 Å². The number of hydrogen-bond acceptors (Lipinski definition) is 4. The van der Waals surface area contributed by atoms with Crippen LogP contribution < -0.4 is 4.74 Å². The van der Waals surface area contributed by atoms with Gasteiger partial charge in [-0.25, -0.2) is 9.80 Å². The van der Waals surface area contributed by atoms with E-state index in [-0.39, 0.29) is 12.1 Å². The normalized spacial score (nSPS) is 19.7. The minimum Gasteiger partial charge on any atom is -0.497 e. The first-order valence-electron chi connectivity index (χ1n) is 10.5. The molecule has 2 atom stereocenters. The van der Waals surface area contributed by atoms with Crippen LogP contribution in [0.25, 0.3) is 0 Å². The number of benzene rings is 2. The Bertz CT molecular complexity index is 869. The van der Waals surface area contributed by atoms with Crippen molar-refractivity contribution in [2.45, 2.75) is 25.1 Å². The van der Waals surface area contributed by atoms with E-state index < -0.39 is 6.10 Å². The minimum atomic E-state index is -0.725. The summed E-state index contributed by atoms with van der Waals surface area (Å²) in [6.07, 6.45) is 3.25. The van der Waals surface area contributed by atoms with E-state index in [9.17, 15) is 9.90 Å². The molecule has 0 aliphatic carbocycles. The third-order valence-electron chi connectivity index (χ3n) is 5.49. The number of hydrogen-bond donors (Lipinski definition) is 1. The lowest BCUT2D eigenvalue weighted by molar-refractivity contribution is -0.00833. The summed E-state index contributed by atoms with van der Waals surface area (Å²) in [7, 11) is 1.63. The molecule has 0 radical (unpaired) electrons. The van der Waals surface area contributed by atoms with Crippen molar-refractivity contribution in [3.05, 3.63) is 91.0 Å². The number of β-amino-alcohol motifs (C(OH)–C–C–N with tert-alkyl or cyclic N) is 1. The van der Waals surface area contributed by atoms with E-state index in [1.54, 1.807) is 29.2 Å². The van der Waals surface area contributed by atoms with Gasteiger partial charge in [-0.3, -0.25) is 5.01 Å². The molecule has 1 heterocycles. The van der Waals surface area contributed by atoms with Crippen LogP contribution in [0.3, 0.4) is 0 Å². The Morgan fingerprint density at radius 3 is 2.32 bits per heavy atom. The second-order valence-electron chi connectivity index (χ2n) is 7.61. The zero-order chi connectivity index (χ0) is 22.2. The SMILES string of the molecule is C=CCN1C(=O)N(CC=C)N(Cc2ccc(OC)cc2)C[C@H](O)[C@@H]1Cc1ccccc1. The molecule has 0 saturated carbocycles. The Morgan fingerprint density at radius 2 is 1.71 bits per heavy atom. The summed E-state index contributed by atoms with van der Waals surface area (Å²) in [6, 6.07) is 17.1. The molecule has 3 rings (SSSR count). The topological polar surface area (TPSA) is 56.3 Å². The van der Waals surface area contributed by atoms with Gasteiger partial charge in [0.15, 0.2) is 0 Å². The van der Waals surface area contributed by atoms with Crippen LogP contribution >= 0.6 is 0 Å². The van der Waals surface area contributed by atoms with Crippen LogP contribution in [0.1, 0.15) is 11.1 Å². The lowest BCUT2D eigenvalue weighted by atomic mass is 9.99. The van der Waals surface area contributed by atoms with E-state index in [4.69, 9.17) is 4.74 Å². The molecule has 0 bridgehead atoms. The lowest BCUT2D eigenvalue weighted by Gasteiger charge is -2.35. The zero-order valence-electron chi connectivity index (χ0n) is 18.1. The fourth-order valence-electron chi connectivity index (χ4n) is 3.92. The van der Waals surface area contributed by atoms with E-state index in [2.05, 4.69) is 13.2 Å². The van der Waals surface area contributed by atoms with Crippen molar-refractivity contribution in [1.82, 2.24) is 14.9 Å². The smallest absolute Gasteiger partial charge is 0.335 e. The molecular weight excluding hydrogens is 390 g/mol. The third-order valence-corrected chi connectivity index (χ3v) is 5.49. The van der Waals surface area contributed by atoms with Crippen LogP contribution in [0.5, 0.6) is 5.75 Å². The summed E-state index contributed by atoms with van der Waals surface area (Å²) in [6.45, 7) is 9.17. The number of amides is 2. The summed E-state index contributed by atoms with van der Waals surface area (Å²) < 4.78 is 5.24. The second-order valence-corrected chi connectivity index (χ2v) is 7.61. The number of nitrogens with zero attached hydrogens (tertiary/aromatic N) is 3. The van der Waals surface area contributed by atoms with E-state index in [0.717, 1.165) is 16.9 Å². The van der Waals surface area contributed by atoms with Gasteiger partial charge in [0.2, 0.25) is 0 Å². The predicted octanol–water partition coefficient (Wildman–Crippen LogP) is 3.49. The van der Waals surface area contributed by atoms with E-state index in [1.165, 1.54) is 0 Å². The van der Waals surface area contributed by atoms with Crippen molar-refractivity contribution in [2.24, 2.45) is 0 Å². The van der Waals surface area contributed by atoms with Crippen LogP contribution in [0.4, 0.5) is 4.79 Å². The van der Waals surface area contributed by atoms with E-state index in [1.807, 2.05) is 59.6 Å². The number of aliphatic hydroxyl groups is 1. The molecule has 6 heteroatoms. The van der Waals surface area contributed by atoms with Gasteiger partial charge in [0.1, 0.15) is 5.75 Å². The quantitative estimate of drug-likeness (QED) is 0.630. The highest BCUT2D eigenvalue weighted by atomic mass is 16.5. The maximum atomic E-state index is 13.6. The maximum Gasteiger partial charge on any atom is 0.335 e. The lowest BCUT2D eigenvalue weighted by Crippen LogP contribution is -2.51. The molecule has 1 saturated heterocycles. The van der Waals surface area contributed by atoms with Crippen LogP contribution in [0.2, 0.25) is 0 Å². The van der Waals surface area contributed by atoms with Gasteiger partial charge in [-0.1, -0.05) is 54.6 Å². The molecule has 2 amide bonds. The van der Waals surface area contributed by atoms with Crippen LogP contribution in [0.15, 0.2) is 79.9 Å². The minimum absolute atomic E-state index is 0.161. The van der Waals surface area contributed by atoms with E-state index >= 15 is 0 Å². The van der Waals surface area contributed by atoms with Gasteiger partial charge in [0.25, 0.3) is 0 Å². The first-order valence-corrected chi connectivity index (χ1v) is 10.5. The molecule has 6 nitrogen and oxygen atoms in total. The summed E-state index contributed by atoms with van der Waals surface area (Å²) in [4.78, 5) is 15.3. The number of ether oxygens (including phenoxy) is 1. The molecule has 164 valence electrons. The fraction of sp³-hybridized carbons (Fsp3) is 0.320. The van der Waals surface area contributed by atoms with Gasteiger partial charge in [-0.2, -0.15) is 0 Å². The molecule has 2 aromatic carbocycles. The molecular formula is C25H31N3O3. The van der Waals surface area contributed by atoms with Crippen LogP contribution in [-0.4, -0.2) is 64.9 Å². The Hall–Kier alpha value is -3.09. The van der Waals surface area contributed by atoms with Gasteiger partial charge in [-0.15, -0.1) is 13.2 Å². The van der Waals surface area contributed by atoms with Gasteiger partial charge < -0.3 is 14.7 Å². The average Bonchev–Trinajstić information content (AvgIpc) is 2.87. The number of urea groups is 1. The highest BCUT2D eigenvalue weighted by Crippen LogP contribution is 2.23. The summed E-state index contributed by atoms with van der Waals surface area (Å²) >= 11 is 0. The molecule has 2 aromatic rings. The summed E-state index contributed by atoms with van der Waals surface area (Å²) in [5.41, 5.74) is 2.10. The molecule has 0 unspecified atom stereocenters. The van der Waals surface area contributed by atoms with Crippen LogP contribution in [-0.2, 0) is 13.0 Å². The van der Waals surface area contributed by atoms with Crippen molar-refractivity contribution in [1.29, 1.82) is 0 Å². The molecule has 1 aliphatic rings. The van der Waals surface area contributed by atoms with E-state index in [0.29, 0.717) is 32.6 Å². The van der Waals surface area contributed by atoms with Crippen molar-refractivity contribution in [3.63, 3.8) is 0 Å². The zero-order valence-corrected chi connectivity index (χ0v) is 18.1. The largest absolute Gasteiger partial charge is 0.497 e. The number of methoxy groups -OCH3 is 1. The summed E-state index contributed by atoms with van der Waals surface area (Å²) in [5, 5.41) is 14.8. The second kappa shape index (κ2) is 10.8. The number of carbonyl (C=O) groups excluding carboxylic acids is 1. The van der Waals surface area contributed by atoms with Gasteiger partial charge in [-0.05, 0) is 29.7 Å².